The lowest BCUT2D eigenvalue weighted by molar-refractivity contribution is 0.0988. The van der Waals surface area contributed by atoms with Gasteiger partial charge in [0.05, 0.1) is 6.61 Å². The number of allylic oxidation sites excluding steroid dienone is 1. The molecule has 0 aliphatic rings. The predicted molar refractivity (Wildman–Crippen MR) is 75.3 cm³/mol. The number of carbonyl (C=O) groups is 1. The van der Waals surface area contributed by atoms with Gasteiger partial charge in [0, 0.05) is 12.0 Å². The lowest BCUT2D eigenvalue weighted by atomic mass is 10.0. The molecule has 0 aliphatic heterocycles. The number of ketones is 1. The molecule has 0 atom stereocenters. The first kappa shape index (κ1) is 14.5. The molecule has 2 nitrogen and oxygen atoms in total. The third-order valence-electron chi connectivity index (χ3n) is 2.64. The first-order valence-corrected chi connectivity index (χ1v) is 6.48. The summed E-state index contributed by atoms with van der Waals surface area (Å²) in [5.41, 5.74) is 1.79. The molecule has 1 aromatic carbocycles. The average molecular weight is 246 g/mol. The van der Waals surface area contributed by atoms with Crippen LogP contribution in [0.3, 0.4) is 0 Å². The highest BCUT2D eigenvalue weighted by atomic mass is 16.5. The summed E-state index contributed by atoms with van der Waals surface area (Å²) >= 11 is 0. The number of rotatable bonds is 7. The van der Waals surface area contributed by atoms with Gasteiger partial charge in [-0.15, -0.1) is 6.58 Å². The molecule has 0 amide bonds. The Hall–Kier alpha value is -1.57. The number of benzene rings is 1. The number of hydrogen-bond donors (Lipinski definition) is 0. The topological polar surface area (TPSA) is 26.3 Å². The highest BCUT2D eigenvalue weighted by Crippen LogP contribution is 2.22. The molecule has 0 bridgehead atoms. The predicted octanol–water partition coefficient (Wildman–Crippen LogP) is 4.04. The Morgan fingerprint density at radius 1 is 1.44 bits per heavy atom. The molecular formula is C16H22O2. The fraction of sp³-hybridized carbons (Fsp3) is 0.438. The van der Waals surface area contributed by atoms with E-state index in [-0.39, 0.29) is 5.78 Å². The van der Waals surface area contributed by atoms with Crippen LogP contribution in [0.4, 0.5) is 0 Å². The van der Waals surface area contributed by atoms with Crippen LogP contribution in [0, 0.1) is 5.92 Å². The Morgan fingerprint density at radius 2 is 2.17 bits per heavy atom. The zero-order chi connectivity index (χ0) is 13.5. The van der Waals surface area contributed by atoms with Crippen LogP contribution in [-0.2, 0) is 6.42 Å². The van der Waals surface area contributed by atoms with Crippen molar-refractivity contribution < 1.29 is 9.53 Å². The van der Waals surface area contributed by atoms with Crippen LogP contribution in [0.5, 0.6) is 5.75 Å². The molecule has 18 heavy (non-hydrogen) atoms. The second-order valence-electron chi connectivity index (χ2n) is 4.80. The van der Waals surface area contributed by atoms with E-state index in [1.807, 2.05) is 31.2 Å². The van der Waals surface area contributed by atoms with Crippen molar-refractivity contribution >= 4 is 5.78 Å². The van der Waals surface area contributed by atoms with Crippen LogP contribution in [-0.4, -0.2) is 12.4 Å². The van der Waals surface area contributed by atoms with Gasteiger partial charge < -0.3 is 4.74 Å². The lowest BCUT2D eigenvalue weighted by Gasteiger charge is -2.13. The maximum absolute atomic E-state index is 11.7. The molecule has 0 saturated heterocycles. The van der Waals surface area contributed by atoms with E-state index < -0.39 is 0 Å². The summed E-state index contributed by atoms with van der Waals surface area (Å²) in [5, 5.41) is 0. The van der Waals surface area contributed by atoms with Crippen molar-refractivity contribution in [2.24, 2.45) is 5.92 Å². The van der Waals surface area contributed by atoms with Gasteiger partial charge in [0.1, 0.15) is 5.75 Å². The quantitative estimate of drug-likeness (QED) is 0.536. The van der Waals surface area contributed by atoms with Crippen molar-refractivity contribution in [2.45, 2.75) is 33.6 Å². The minimum atomic E-state index is 0.163. The number of Topliss-reactive ketones (excluding diaryl/α,β-unsaturated/α-hetero) is 1. The SMILES string of the molecule is C=CCc1cc(C(=O)CC)ccc1OCC(C)C. The van der Waals surface area contributed by atoms with Gasteiger partial charge in [-0.2, -0.15) is 0 Å². The zero-order valence-corrected chi connectivity index (χ0v) is 11.5. The monoisotopic (exact) mass is 246 g/mol. The van der Waals surface area contributed by atoms with Crippen molar-refractivity contribution in [1.82, 2.24) is 0 Å². The Labute approximate surface area is 110 Å². The van der Waals surface area contributed by atoms with Gasteiger partial charge in [-0.1, -0.05) is 26.8 Å². The third kappa shape index (κ3) is 4.02. The van der Waals surface area contributed by atoms with E-state index in [9.17, 15) is 4.79 Å². The molecule has 2 heteroatoms. The highest BCUT2D eigenvalue weighted by molar-refractivity contribution is 5.96. The maximum Gasteiger partial charge on any atom is 0.162 e. The molecule has 0 heterocycles. The van der Waals surface area contributed by atoms with Crippen LogP contribution in [0.1, 0.15) is 43.1 Å². The largest absolute Gasteiger partial charge is 0.493 e. The van der Waals surface area contributed by atoms with E-state index in [1.165, 1.54) is 0 Å². The molecule has 1 aromatic rings. The number of hydrogen-bond acceptors (Lipinski definition) is 2. The first-order valence-electron chi connectivity index (χ1n) is 6.48. The Balaban J connectivity index is 2.96. The minimum absolute atomic E-state index is 0.163. The zero-order valence-electron chi connectivity index (χ0n) is 11.5. The average Bonchev–Trinajstić information content (AvgIpc) is 2.36. The van der Waals surface area contributed by atoms with Gasteiger partial charge in [0.15, 0.2) is 5.78 Å². The minimum Gasteiger partial charge on any atom is -0.493 e. The molecule has 0 aromatic heterocycles. The Bertz CT molecular complexity index is 419. The van der Waals surface area contributed by atoms with E-state index in [4.69, 9.17) is 4.74 Å². The summed E-state index contributed by atoms with van der Waals surface area (Å²) in [6.07, 6.45) is 3.08. The summed E-state index contributed by atoms with van der Waals surface area (Å²) in [4.78, 5) is 11.7. The van der Waals surface area contributed by atoms with Crippen LogP contribution < -0.4 is 4.74 Å². The van der Waals surface area contributed by atoms with Crippen LogP contribution in [0.15, 0.2) is 30.9 Å². The molecule has 0 saturated carbocycles. The van der Waals surface area contributed by atoms with E-state index in [2.05, 4.69) is 20.4 Å². The van der Waals surface area contributed by atoms with E-state index >= 15 is 0 Å². The standard InChI is InChI=1S/C16H22O2/c1-5-7-14-10-13(15(17)6-2)8-9-16(14)18-11-12(3)4/h5,8-10,12H,1,6-7,11H2,2-4H3. The van der Waals surface area contributed by atoms with Gasteiger partial charge in [-0.25, -0.2) is 0 Å². The Morgan fingerprint density at radius 3 is 2.72 bits per heavy atom. The fourth-order valence-corrected chi connectivity index (χ4v) is 1.67. The van der Waals surface area contributed by atoms with Gasteiger partial charge in [0.2, 0.25) is 0 Å². The second-order valence-corrected chi connectivity index (χ2v) is 4.80. The van der Waals surface area contributed by atoms with E-state index in [0.29, 0.717) is 18.9 Å². The van der Waals surface area contributed by atoms with Crippen molar-refractivity contribution in [3.8, 4) is 5.75 Å². The Kier molecular flexibility index (Phi) is 5.63. The first-order chi connectivity index (χ1) is 8.58. The molecule has 0 unspecified atom stereocenters. The molecule has 98 valence electrons. The summed E-state index contributed by atoms with van der Waals surface area (Å²) in [7, 11) is 0. The van der Waals surface area contributed by atoms with Crippen LogP contribution in [0.25, 0.3) is 0 Å². The number of carbonyl (C=O) groups excluding carboxylic acids is 1. The van der Waals surface area contributed by atoms with Crippen molar-refractivity contribution in [1.29, 1.82) is 0 Å². The number of ether oxygens (including phenoxy) is 1. The van der Waals surface area contributed by atoms with Crippen molar-refractivity contribution in [3.63, 3.8) is 0 Å². The highest BCUT2D eigenvalue weighted by Gasteiger charge is 2.09. The molecule has 0 fully saturated rings. The molecule has 0 radical (unpaired) electrons. The van der Waals surface area contributed by atoms with Crippen LogP contribution in [0.2, 0.25) is 0 Å². The normalized spacial score (nSPS) is 10.4. The van der Waals surface area contributed by atoms with E-state index in [1.54, 1.807) is 0 Å². The van der Waals surface area contributed by atoms with Crippen molar-refractivity contribution in [2.75, 3.05) is 6.61 Å². The fourth-order valence-electron chi connectivity index (χ4n) is 1.67. The van der Waals surface area contributed by atoms with Gasteiger partial charge in [-0.3, -0.25) is 4.79 Å². The molecule has 0 N–H and O–H groups in total. The van der Waals surface area contributed by atoms with Gasteiger partial charge in [-0.05, 0) is 36.1 Å². The summed E-state index contributed by atoms with van der Waals surface area (Å²) in [6, 6.07) is 5.65. The van der Waals surface area contributed by atoms with Gasteiger partial charge >= 0.3 is 0 Å². The maximum atomic E-state index is 11.7. The second kappa shape index (κ2) is 7.00. The molecule has 0 aliphatic carbocycles. The van der Waals surface area contributed by atoms with E-state index in [0.717, 1.165) is 23.3 Å². The van der Waals surface area contributed by atoms with Crippen molar-refractivity contribution in [3.05, 3.63) is 42.0 Å². The smallest absolute Gasteiger partial charge is 0.162 e. The summed E-state index contributed by atoms with van der Waals surface area (Å²) < 4.78 is 5.76. The van der Waals surface area contributed by atoms with Crippen LogP contribution >= 0.6 is 0 Å². The van der Waals surface area contributed by atoms with Gasteiger partial charge in [0.25, 0.3) is 0 Å². The lowest BCUT2D eigenvalue weighted by Crippen LogP contribution is -2.07. The summed E-state index contributed by atoms with van der Waals surface area (Å²) in [5.74, 6) is 1.51. The molecule has 1 rings (SSSR count). The molecular weight excluding hydrogens is 224 g/mol. The third-order valence-corrected chi connectivity index (χ3v) is 2.64. The summed E-state index contributed by atoms with van der Waals surface area (Å²) in [6.45, 7) is 10.5. The molecule has 0 spiro atoms.